The number of piperazine rings is 1. The Hall–Kier alpha value is -2.17. The van der Waals surface area contributed by atoms with Gasteiger partial charge < -0.3 is 9.64 Å². The van der Waals surface area contributed by atoms with Crippen LogP contribution >= 0.6 is 11.6 Å². The summed E-state index contributed by atoms with van der Waals surface area (Å²) in [6.07, 6.45) is 4.15. The van der Waals surface area contributed by atoms with E-state index in [-0.39, 0.29) is 12.4 Å². The van der Waals surface area contributed by atoms with E-state index in [1.807, 2.05) is 4.90 Å². The molecule has 11 heteroatoms. The maximum absolute atomic E-state index is 13.4. The molecule has 2 heterocycles. The van der Waals surface area contributed by atoms with Crippen LogP contribution in [0.3, 0.4) is 0 Å². The zero-order valence-electron chi connectivity index (χ0n) is 17.1. The maximum Gasteiger partial charge on any atom is 0.316 e. The summed E-state index contributed by atoms with van der Waals surface area (Å²) in [4.78, 5) is 15.2. The molecule has 0 unspecified atom stereocenters. The summed E-state index contributed by atoms with van der Waals surface area (Å²) >= 11 is 6.06. The van der Waals surface area contributed by atoms with E-state index < -0.39 is 27.7 Å². The third-order valence-electron chi connectivity index (χ3n) is 5.78. The second-order valence-electron chi connectivity index (χ2n) is 8.13. The topological polar surface area (TPSA) is 84.7 Å². The van der Waals surface area contributed by atoms with Crippen LogP contribution in [0, 0.1) is 5.41 Å². The van der Waals surface area contributed by atoms with Gasteiger partial charge in [-0.15, -0.1) is 0 Å². The van der Waals surface area contributed by atoms with E-state index in [1.165, 1.54) is 21.4 Å². The monoisotopic (exact) mass is 470 g/mol. The van der Waals surface area contributed by atoms with E-state index >= 15 is 0 Å². The first kappa shape index (κ1) is 22.0. The van der Waals surface area contributed by atoms with Gasteiger partial charge in [-0.25, -0.2) is 8.42 Å². The normalized spacial score (nSPS) is 18.7. The summed E-state index contributed by atoms with van der Waals surface area (Å²) < 4.78 is 45.5. The summed E-state index contributed by atoms with van der Waals surface area (Å²) in [6.45, 7) is 0.978. The molecule has 2 aromatic rings. The third-order valence-corrected chi connectivity index (χ3v) is 7.32. The highest BCUT2D eigenvalue weighted by atomic mass is 35.5. The van der Waals surface area contributed by atoms with E-state index in [2.05, 4.69) is 5.10 Å². The molecule has 1 saturated heterocycles. The van der Waals surface area contributed by atoms with Crippen LogP contribution < -0.4 is 15.2 Å². The number of ether oxygens (including phenoxy) is 1. The second kappa shape index (κ2) is 8.40. The quantitative estimate of drug-likeness (QED) is 0.616. The second-order valence-corrected chi connectivity index (χ2v) is 10.5. The molecule has 0 amide bonds. The molecule has 1 aliphatic heterocycles. The molecular weight excluding hydrogens is 447 g/mol. The molecule has 2 fully saturated rings. The molecule has 1 aromatic heterocycles. The molecule has 0 radical (unpaired) electrons. The zero-order chi connectivity index (χ0) is 22.2. The lowest BCUT2D eigenvalue weighted by Gasteiger charge is -2.35. The molecular formula is C20H24ClFN4O4S. The fourth-order valence-electron chi connectivity index (χ4n) is 3.56. The number of aromatic nitrogens is 2. The molecule has 2 aliphatic rings. The number of sulfonamides is 1. The van der Waals surface area contributed by atoms with Gasteiger partial charge in [-0.05, 0) is 31.0 Å². The van der Waals surface area contributed by atoms with Crippen LogP contribution in [-0.2, 0) is 10.0 Å². The number of benzene rings is 1. The van der Waals surface area contributed by atoms with Gasteiger partial charge in [0.15, 0.2) is 0 Å². The molecule has 1 saturated carbocycles. The van der Waals surface area contributed by atoms with Gasteiger partial charge in [0.1, 0.15) is 5.69 Å². The average molecular weight is 471 g/mol. The summed E-state index contributed by atoms with van der Waals surface area (Å²) in [5.41, 5.74) is -0.0310. The Morgan fingerprint density at radius 2 is 1.94 bits per heavy atom. The van der Waals surface area contributed by atoms with Gasteiger partial charge in [0.05, 0.1) is 31.4 Å². The van der Waals surface area contributed by atoms with Gasteiger partial charge in [0.25, 0.3) is 0 Å². The first-order chi connectivity index (χ1) is 14.7. The number of hydrogen-bond donors (Lipinski definition) is 0. The predicted octanol–water partition coefficient (Wildman–Crippen LogP) is 2.10. The summed E-state index contributed by atoms with van der Waals surface area (Å²) in [6, 6.07) is 6.74. The van der Waals surface area contributed by atoms with Crippen molar-refractivity contribution >= 4 is 27.3 Å². The van der Waals surface area contributed by atoms with E-state index in [1.54, 1.807) is 24.3 Å². The molecule has 1 aliphatic carbocycles. The van der Waals surface area contributed by atoms with Gasteiger partial charge >= 0.3 is 5.56 Å². The number of anilines is 1. The fraction of sp³-hybridized carbons (Fsp3) is 0.500. The number of halogens is 2. The molecule has 4 rings (SSSR count). The van der Waals surface area contributed by atoms with Gasteiger partial charge in [0.2, 0.25) is 15.8 Å². The Labute approximate surface area is 185 Å². The zero-order valence-corrected chi connectivity index (χ0v) is 18.7. The lowest BCUT2D eigenvalue weighted by molar-refractivity contribution is 0.197. The van der Waals surface area contributed by atoms with E-state index in [0.717, 1.165) is 12.8 Å². The van der Waals surface area contributed by atoms with Crippen LogP contribution in [0.5, 0.6) is 5.75 Å². The van der Waals surface area contributed by atoms with Crippen molar-refractivity contribution < 1.29 is 17.5 Å². The molecule has 168 valence electrons. The summed E-state index contributed by atoms with van der Waals surface area (Å²) in [7, 11) is -3.28. The standard InChI is InChI=1S/C20H24ClFN4O4S/c1-31(28,29)25-9-7-24(8-10-25)17-12-23-26(16-4-2-3-15(21)11-16)19(27)18(17)30-14-20(13-22)5-6-20/h2-4,11-12H,5-10,13-14H2,1H3. The first-order valence-electron chi connectivity index (χ1n) is 10.00. The maximum atomic E-state index is 13.4. The highest BCUT2D eigenvalue weighted by Gasteiger charge is 2.44. The minimum atomic E-state index is -3.28. The highest BCUT2D eigenvalue weighted by molar-refractivity contribution is 7.88. The number of alkyl halides is 1. The SMILES string of the molecule is CS(=O)(=O)N1CCN(c2cnn(-c3cccc(Cl)c3)c(=O)c2OCC2(CF)CC2)CC1. The molecule has 0 atom stereocenters. The Kier molecular flexibility index (Phi) is 5.97. The van der Waals surface area contributed by atoms with E-state index in [0.29, 0.717) is 42.6 Å². The number of rotatable bonds is 7. The van der Waals surface area contributed by atoms with Crippen LogP contribution in [0.4, 0.5) is 10.1 Å². The smallest absolute Gasteiger partial charge is 0.316 e. The lowest BCUT2D eigenvalue weighted by atomic mass is 10.1. The van der Waals surface area contributed by atoms with Crippen molar-refractivity contribution in [3.63, 3.8) is 0 Å². The van der Waals surface area contributed by atoms with Crippen molar-refractivity contribution in [2.24, 2.45) is 5.41 Å². The van der Waals surface area contributed by atoms with Crippen molar-refractivity contribution in [1.82, 2.24) is 14.1 Å². The van der Waals surface area contributed by atoms with Crippen molar-refractivity contribution in [1.29, 1.82) is 0 Å². The van der Waals surface area contributed by atoms with Crippen molar-refractivity contribution in [3.8, 4) is 11.4 Å². The van der Waals surface area contributed by atoms with Crippen LogP contribution in [0.15, 0.2) is 35.3 Å². The van der Waals surface area contributed by atoms with Crippen molar-refractivity contribution in [2.45, 2.75) is 12.8 Å². The predicted molar refractivity (Wildman–Crippen MR) is 117 cm³/mol. The van der Waals surface area contributed by atoms with E-state index in [4.69, 9.17) is 16.3 Å². The van der Waals surface area contributed by atoms with Gasteiger partial charge in [0, 0.05) is 36.6 Å². The third kappa shape index (κ3) is 4.70. The van der Waals surface area contributed by atoms with Crippen molar-refractivity contribution in [2.75, 3.05) is 50.6 Å². The highest BCUT2D eigenvalue weighted by Crippen LogP contribution is 2.46. The van der Waals surface area contributed by atoms with Gasteiger partial charge in [-0.3, -0.25) is 9.18 Å². The average Bonchev–Trinajstić information content (AvgIpc) is 3.52. The molecule has 0 spiro atoms. The van der Waals surface area contributed by atoms with Crippen LogP contribution in [0.1, 0.15) is 12.8 Å². The minimum absolute atomic E-state index is 0.0857. The Morgan fingerprint density at radius 1 is 1.23 bits per heavy atom. The summed E-state index contributed by atoms with van der Waals surface area (Å²) in [5.74, 6) is 0.0857. The molecule has 31 heavy (non-hydrogen) atoms. The van der Waals surface area contributed by atoms with Crippen LogP contribution in [0.2, 0.25) is 5.02 Å². The van der Waals surface area contributed by atoms with Crippen LogP contribution in [-0.4, -0.2) is 68.2 Å². The molecule has 8 nitrogen and oxygen atoms in total. The number of nitrogens with zero attached hydrogens (tertiary/aromatic N) is 4. The molecule has 1 aromatic carbocycles. The Morgan fingerprint density at radius 3 is 2.52 bits per heavy atom. The van der Waals surface area contributed by atoms with Crippen molar-refractivity contribution in [3.05, 3.63) is 45.8 Å². The minimum Gasteiger partial charge on any atom is -0.486 e. The van der Waals surface area contributed by atoms with E-state index in [9.17, 15) is 17.6 Å². The van der Waals surface area contributed by atoms with Gasteiger partial charge in [-0.2, -0.15) is 14.1 Å². The molecule has 0 N–H and O–H groups in total. The first-order valence-corrected chi connectivity index (χ1v) is 12.2. The van der Waals surface area contributed by atoms with Gasteiger partial charge in [-0.1, -0.05) is 17.7 Å². The fourth-order valence-corrected chi connectivity index (χ4v) is 4.57. The number of hydrogen-bond acceptors (Lipinski definition) is 6. The molecule has 0 bridgehead atoms. The van der Waals surface area contributed by atoms with Crippen LogP contribution in [0.25, 0.3) is 5.69 Å². The largest absolute Gasteiger partial charge is 0.486 e. The Bertz CT molecular complexity index is 1130. The lowest BCUT2D eigenvalue weighted by Crippen LogP contribution is -2.48. The Balaban J connectivity index is 1.67. The summed E-state index contributed by atoms with van der Waals surface area (Å²) in [5, 5.41) is 4.75.